The summed E-state index contributed by atoms with van der Waals surface area (Å²) in [6, 6.07) is 0. The molecule has 2 heteroatoms. The summed E-state index contributed by atoms with van der Waals surface area (Å²) >= 11 is 0. The van der Waals surface area contributed by atoms with E-state index in [4.69, 9.17) is 5.11 Å². The van der Waals surface area contributed by atoms with Gasteiger partial charge >= 0.3 is 5.97 Å². The minimum atomic E-state index is -0.725. The smallest absolute Gasteiger partial charge is 0.303 e. The highest BCUT2D eigenvalue weighted by atomic mass is 16.4. The average molecular weight is 170 g/mol. The van der Waals surface area contributed by atoms with Gasteiger partial charge < -0.3 is 5.11 Å². The fraction of sp³-hybridized carbons (Fsp3) is 0.700. The van der Waals surface area contributed by atoms with E-state index in [9.17, 15) is 4.79 Å². The molecule has 0 aliphatic carbocycles. The molecule has 1 N–H and O–H groups in total. The SMILES string of the molecule is CC(C)C/C=C/[C@@H](C)CC(=O)O. The Labute approximate surface area is 74.3 Å². The van der Waals surface area contributed by atoms with Crippen molar-refractivity contribution in [2.45, 2.75) is 33.6 Å². The molecule has 0 aliphatic heterocycles. The van der Waals surface area contributed by atoms with Crippen molar-refractivity contribution in [1.29, 1.82) is 0 Å². The van der Waals surface area contributed by atoms with Gasteiger partial charge in [0.2, 0.25) is 0 Å². The minimum absolute atomic E-state index is 0.154. The predicted octanol–water partition coefficient (Wildman–Crippen LogP) is 2.70. The zero-order valence-corrected chi connectivity index (χ0v) is 8.08. The first-order chi connectivity index (χ1) is 5.52. The molecule has 0 rings (SSSR count). The zero-order valence-electron chi connectivity index (χ0n) is 8.08. The first-order valence-electron chi connectivity index (χ1n) is 4.40. The summed E-state index contributed by atoms with van der Waals surface area (Å²) in [7, 11) is 0. The van der Waals surface area contributed by atoms with Crippen LogP contribution in [0.15, 0.2) is 12.2 Å². The van der Waals surface area contributed by atoms with E-state index in [0.717, 1.165) is 6.42 Å². The topological polar surface area (TPSA) is 37.3 Å². The highest BCUT2D eigenvalue weighted by Crippen LogP contribution is 2.06. The molecule has 0 spiro atoms. The predicted molar refractivity (Wildman–Crippen MR) is 50.0 cm³/mol. The van der Waals surface area contributed by atoms with Crippen LogP contribution in [-0.4, -0.2) is 11.1 Å². The summed E-state index contributed by atoms with van der Waals surface area (Å²) in [6.07, 6.45) is 5.31. The maximum absolute atomic E-state index is 10.3. The molecule has 0 aromatic rings. The van der Waals surface area contributed by atoms with E-state index >= 15 is 0 Å². The number of hydrogen-bond acceptors (Lipinski definition) is 1. The van der Waals surface area contributed by atoms with Gasteiger partial charge in [-0.3, -0.25) is 4.79 Å². The molecule has 0 saturated carbocycles. The van der Waals surface area contributed by atoms with Crippen LogP contribution in [0.1, 0.15) is 33.6 Å². The number of carbonyl (C=O) groups is 1. The number of carboxylic acid groups (broad SMARTS) is 1. The largest absolute Gasteiger partial charge is 0.481 e. The average Bonchev–Trinajstić information content (AvgIpc) is 1.84. The number of rotatable bonds is 5. The molecule has 0 fully saturated rings. The normalized spacial score (nSPS) is 14.0. The van der Waals surface area contributed by atoms with Crippen LogP contribution in [0, 0.1) is 11.8 Å². The van der Waals surface area contributed by atoms with Crippen molar-refractivity contribution in [3.8, 4) is 0 Å². The Balaban J connectivity index is 3.60. The van der Waals surface area contributed by atoms with Gasteiger partial charge in [-0.05, 0) is 18.3 Å². The highest BCUT2D eigenvalue weighted by molar-refractivity contribution is 5.67. The van der Waals surface area contributed by atoms with E-state index in [1.807, 2.05) is 13.0 Å². The fourth-order valence-electron chi connectivity index (χ4n) is 0.927. The third-order valence-corrected chi connectivity index (χ3v) is 1.57. The summed E-state index contributed by atoms with van der Waals surface area (Å²) in [6.45, 7) is 6.21. The van der Waals surface area contributed by atoms with E-state index < -0.39 is 5.97 Å². The molecule has 1 atom stereocenters. The molecule has 70 valence electrons. The Morgan fingerprint density at radius 1 is 1.42 bits per heavy atom. The number of hydrogen-bond donors (Lipinski definition) is 1. The second kappa shape index (κ2) is 5.81. The van der Waals surface area contributed by atoms with Crippen LogP contribution in [0.3, 0.4) is 0 Å². The van der Waals surface area contributed by atoms with Gasteiger partial charge in [-0.15, -0.1) is 0 Å². The second-order valence-electron chi connectivity index (χ2n) is 3.63. The van der Waals surface area contributed by atoms with Gasteiger partial charge in [0.05, 0.1) is 6.42 Å². The summed E-state index contributed by atoms with van der Waals surface area (Å²) in [5, 5.41) is 8.46. The van der Waals surface area contributed by atoms with E-state index in [2.05, 4.69) is 19.9 Å². The van der Waals surface area contributed by atoms with E-state index in [1.54, 1.807) is 0 Å². The quantitative estimate of drug-likeness (QED) is 0.644. The molecule has 0 aromatic heterocycles. The van der Waals surface area contributed by atoms with Crippen molar-refractivity contribution >= 4 is 5.97 Å². The Kier molecular flexibility index (Phi) is 5.43. The molecule has 0 aliphatic rings. The Bertz CT molecular complexity index is 159. The molecule has 12 heavy (non-hydrogen) atoms. The molecule has 0 radical (unpaired) electrons. The maximum Gasteiger partial charge on any atom is 0.303 e. The van der Waals surface area contributed by atoms with Gasteiger partial charge in [-0.25, -0.2) is 0 Å². The molecule has 0 amide bonds. The summed E-state index contributed by atoms with van der Waals surface area (Å²) in [5.41, 5.74) is 0. The second-order valence-corrected chi connectivity index (χ2v) is 3.63. The van der Waals surface area contributed by atoms with Crippen LogP contribution in [0.4, 0.5) is 0 Å². The van der Waals surface area contributed by atoms with E-state index in [-0.39, 0.29) is 12.3 Å². The van der Waals surface area contributed by atoms with Crippen LogP contribution in [0.25, 0.3) is 0 Å². The third-order valence-electron chi connectivity index (χ3n) is 1.57. The van der Waals surface area contributed by atoms with Crippen LogP contribution in [0.5, 0.6) is 0 Å². The maximum atomic E-state index is 10.3. The van der Waals surface area contributed by atoms with Crippen LogP contribution < -0.4 is 0 Å². The Morgan fingerprint density at radius 3 is 2.42 bits per heavy atom. The van der Waals surface area contributed by atoms with Crippen molar-refractivity contribution in [2.24, 2.45) is 11.8 Å². The first-order valence-corrected chi connectivity index (χ1v) is 4.40. The van der Waals surface area contributed by atoms with Gasteiger partial charge in [0, 0.05) is 0 Å². The lowest BCUT2D eigenvalue weighted by molar-refractivity contribution is -0.137. The first kappa shape index (κ1) is 11.2. The molecule has 2 nitrogen and oxygen atoms in total. The van der Waals surface area contributed by atoms with E-state index in [0.29, 0.717) is 5.92 Å². The van der Waals surface area contributed by atoms with Gasteiger partial charge in [0.1, 0.15) is 0 Å². The lowest BCUT2D eigenvalue weighted by Crippen LogP contribution is -2.01. The Morgan fingerprint density at radius 2 is 2.00 bits per heavy atom. The standard InChI is InChI=1S/C10H18O2/c1-8(2)5-4-6-9(3)7-10(11)12/h4,6,8-9H,5,7H2,1-3H3,(H,11,12)/b6-4+/t9-/m1/s1. The molecule has 0 heterocycles. The number of carboxylic acids is 1. The summed E-state index contributed by atoms with van der Waals surface area (Å²) in [4.78, 5) is 10.3. The number of allylic oxidation sites excluding steroid dienone is 2. The van der Waals surface area contributed by atoms with Crippen molar-refractivity contribution in [3.63, 3.8) is 0 Å². The number of aliphatic carboxylic acids is 1. The van der Waals surface area contributed by atoms with Crippen molar-refractivity contribution in [2.75, 3.05) is 0 Å². The summed E-state index contributed by atoms with van der Waals surface area (Å²) < 4.78 is 0. The molecule has 0 unspecified atom stereocenters. The van der Waals surface area contributed by atoms with Crippen LogP contribution >= 0.6 is 0 Å². The molecule has 0 saturated heterocycles. The monoisotopic (exact) mass is 170 g/mol. The summed E-state index contributed by atoms with van der Waals surface area (Å²) in [5.74, 6) is 0.0798. The van der Waals surface area contributed by atoms with E-state index in [1.165, 1.54) is 0 Å². The van der Waals surface area contributed by atoms with Crippen molar-refractivity contribution in [3.05, 3.63) is 12.2 Å². The van der Waals surface area contributed by atoms with Gasteiger partial charge in [0.15, 0.2) is 0 Å². The molecule has 0 bridgehead atoms. The fourth-order valence-corrected chi connectivity index (χ4v) is 0.927. The lowest BCUT2D eigenvalue weighted by Gasteiger charge is -2.01. The van der Waals surface area contributed by atoms with Gasteiger partial charge in [0.25, 0.3) is 0 Å². The molecular formula is C10H18O2. The van der Waals surface area contributed by atoms with Crippen molar-refractivity contribution < 1.29 is 9.90 Å². The van der Waals surface area contributed by atoms with Crippen molar-refractivity contribution in [1.82, 2.24) is 0 Å². The highest BCUT2D eigenvalue weighted by Gasteiger charge is 2.02. The molecular weight excluding hydrogens is 152 g/mol. The zero-order chi connectivity index (χ0) is 9.56. The van der Waals surface area contributed by atoms with Crippen LogP contribution in [0.2, 0.25) is 0 Å². The lowest BCUT2D eigenvalue weighted by atomic mass is 10.0. The third kappa shape index (κ3) is 7.32. The Hall–Kier alpha value is -0.790. The minimum Gasteiger partial charge on any atom is -0.481 e. The molecule has 0 aromatic carbocycles. The van der Waals surface area contributed by atoms with Gasteiger partial charge in [-0.2, -0.15) is 0 Å². The van der Waals surface area contributed by atoms with Gasteiger partial charge in [-0.1, -0.05) is 32.9 Å². The van der Waals surface area contributed by atoms with Crippen LogP contribution in [-0.2, 0) is 4.79 Å².